The van der Waals surface area contributed by atoms with Crippen LogP contribution in [-0.2, 0) is 23.2 Å². The largest absolute Gasteiger partial charge is 0.390 e. The van der Waals surface area contributed by atoms with E-state index in [1.807, 2.05) is 13.8 Å². The minimum absolute atomic E-state index is 0.132. The molecule has 0 unspecified atom stereocenters. The fraction of sp³-hybridized carbons (Fsp3) is 0.714. The monoisotopic (exact) mass is 300 g/mol. The Kier molecular flexibility index (Phi) is 4.88. The second-order valence-corrected chi connectivity index (χ2v) is 7.15. The predicted molar refractivity (Wildman–Crippen MR) is 77.9 cm³/mol. The summed E-state index contributed by atoms with van der Waals surface area (Å²) in [5, 5.41) is 9.31. The third-order valence-corrected chi connectivity index (χ3v) is 6.11. The Morgan fingerprint density at radius 1 is 1.35 bits per heavy atom. The second-order valence-electron chi connectivity index (χ2n) is 5.26. The molecule has 114 valence electrons. The zero-order valence-corrected chi connectivity index (χ0v) is 13.1. The highest BCUT2D eigenvalue weighted by Gasteiger charge is 2.32. The fourth-order valence-corrected chi connectivity index (χ4v) is 4.80. The highest BCUT2D eigenvalue weighted by molar-refractivity contribution is 7.89. The average molecular weight is 300 g/mol. The van der Waals surface area contributed by atoms with Gasteiger partial charge in [0.25, 0.3) is 0 Å². The Morgan fingerprint density at radius 2 is 2.00 bits per heavy atom. The van der Waals surface area contributed by atoms with E-state index in [0.29, 0.717) is 23.7 Å². The zero-order chi connectivity index (χ0) is 14.8. The number of aliphatic hydroxyl groups excluding tert-OH is 1. The summed E-state index contributed by atoms with van der Waals surface area (Å²) in [5.41, 5.74) is 0.647. The van der Waals surface area contributed by atoms with Crippen LogP contribution in [-0.4, -0.2) is 35.0 Å². The second kappa shape index (κ2) is 6.28. The number of aryl methyl sites for hydroxylation is 1. The van der Waals surface area contributed by atoms with Gasteiger partial charge in [-0.2, -0.15) is 4.31 Å². The Morgan fingerprint density at radius 3 is 2.45 bits per heavy atom. The van der Waals surface area contributed by atoms with E-state index < -0.39 is 10.0 Å². The first kappa shape index (κ1) is 15.5. The normalized spacial score (nSPS) is 17.2. The molecule has 1 heterocycles. The van der Waals surface area contributed by atoms with Crippen molar-refractivity contribution in [1.82, 2.24) is 8.87 Å². The molecule has 0 aliphatic heterocycles. The molecule has 1 aliphatic rings. The van der Waals surface area contributed by atoms with Crippen molar-refractivity contribution in [2.24, 2.45) is 0 Å². The number of sulfonamides is 1. The van der Waals surface area contributed by atoms with Gasteiger partial charge in [-0.3, -0.25) is 0 Å². The molecule has 0 spiro atoms. The van der Waals surface area contributed by atoms with Gasteiger partial charge in [0.1, 0.15) is 4.90 Å². The van der Waals surface area contributed by atoms with Gasteiger partial charge < -0.3 is 9.67 Å². The molecule has 0 bridgehead atoms. The molecule has 1 saturated carbocycles. The Bertz CT molecular complexity index is 523. The van der Waals surface area contributed by atoms with Gasteiger partial charge in [0.05, 0.1) is 6.61 Å². The van der Waals surface area contributed by atoms with Crippen molar-refractivity contribution in [2.45, 2.75) is 63.6 Å². The molecule has 1 aliphatic carbocycles. The van der Waals surface area contributed by atoms with Crippen molar-refractivity contribution >= 4 is 10.0 Å². The summed E-state index contributed by atoms with van der Waals surface area (Å²) >= 11 is 0. The first-order valence-electron chi connectivity index (χ1n) is 7.36. The fourth-order valence-electron chi connectivity index (χ4n) is 3.04. The molecule has 0 atom stereocenters. The van der Waals surface area contributed by atoms with Crippen LogP contribution in [0.5, 0.6) is 0 Å². The van der Waals surface area contributed by atoms with Crippen molar-refractivity contribution in [3.8, 4) is 0 Å². The highest BCUT2D eigenvalue weighted by Crippen LogP contribution is 2.29. The molecule has 2 rings (SSSR count). The summed E-state index contributed by atoms with van der Waals surface area (Å²) in [7, 11) is -3.46. The minimum Gasteiger partial charge on any atom is -0.390 e. The zero-order valence-electron chi connectivity index (χ0n) is 12.2. The Hall–Kier alpha value is -0.850. The number of hydrogen-bond donors (Lipinski definition) is 1. The lowest BCUT2D eigenvalue weighted by molar-refractivity contribution is 0.271. The van der Waals surface area contributed by atoms with Crippen LogP contribution in [0.4, 0.5) is 0 Å². The van der Waals surface area contributed by atoms with Crippen LogP contribution in [0.1, 0.15) is 45.2 Å². The van der Waals surface area contributed by atoms with Crippen molar-refractivity contribution in [3.63, 3.8) is 0 Å². The molecule has 6 heteroatoms. The van der Waals surface area contributed by atoms with Gasteiger partial charge in [-0.1, -0.05) is 19.8 Å². The maximum Gasteiger partial charge on any atom is 0.244 e. The van der Waals surface area contributed by atoms with Gasteiger partial charge in [0, 0.05) is 31.0 Å². The summed E-state index contributed by atoms with van der Waals surface area (Å²) in [4.78, 5) is 0.303. The molecule has 0 saturated heterocycles. The third-order valence-electron chi connectivity index (χ3n) is 4.11. The van der Waals surface area contributed by atoms with Gasteiger partial charge in [-0.05, 0) is 25.8 Å². The predicted octanol–water partition coefficient (Wildman–Crippen LogP) is 1.95. The van der Waals surface area contributed by atoms with E-state index in [1.54, 1.807) is 21.1 Å². The summed E-state index contributed by atoms with van der Waals surface area (Å²) in [6, 6.07) is 1.73. The van der Waals surface area contributed by atoms with Crippen LogP contribution in [0.3, 0.4) is 0 Å². The summed E-state index contributed by atoms with van der Waals surface area (Å²) in [6.45, 7) is 4.84. The lowest BCUT2D eigenvalue weighted by Gasteiger charge is -2.26. The third kappa shape index (κ3) is 2.77. The minimum atomic E-state index is -3.46. The topological polar surface area (TPSA) is 62.5 Å². The summed E-state index contributed by atoms with van der Waals surface area (Å²) < 4.78 is 29.0. The quantitative estimate of drug-likeness (QED) is 0.873. The van der Waals surface area contributed by atoms with E-state index in [9.17, 15) is 13.5 Å². The van der Waals surface area contributed by atoms with Crippen LogP contribution in [0, 0.1) is 0 Å². The lowest BCUT2D eigenvalue weighted by atomic mass is 10.2. The molecular weight excluding hydrogens is 276 g/mol. The van der Waals surface area contributed by atoms with Gasteiger partial charge in [-0.25, -0.2) is 8.42 Å². The van der Waals surface area contributed by atoms with Crippen LogP contribution < -0.4 is 0 Å². The number of hydrogen-bond acceptors (Lipinski definition) is 3. The molecule has 20 heavy (non-hydrogen) atoms. The molecule has 1 fully saturated rings. The standard InChI is InChI=1S/C14H24N2O3S/c1-3-15-10-14(9-13(15)11-17)20(18,19)16(4-2)12-7-5-6-8-12/h9-10,12,17H,3-8,11H2,1-2H3. The number of aliphatic hydroxyl groups is 1. The first-order valence-corrected chi connectivity index (χ1v) is 8.80. The molecule has 1 aromatic heterocycles. The Balaban J connectivity index is 2.34. The van der Waals surface area contributed by atoms with Crippen LogP contribution in [0.15, 0.2) is 17.2 Å². The molecule has 1 aromatic rings. The molecular formula is C14H24N2O3S. The van der Waals surface area contributed by atoms with Crippen molar-refractivity contribution < 1.29 is 13.5 Å². The van der Waals surface area contributed by atoms with Gasteiger partial charge in [0.2, 0.25) is 10.0 Å². The molecule has 0 aromatic carbocycles. The highest BCUT2D eigenvalue weighted by atomic mass is 32.2. The van der Waals surface area contributed by atoms with Crippen LogP contribution >= 0.6 is 0 Å². The number of rotatable bonds is 6. The van der Waals surface area contributed by atoms with E-state index in [2.05, 4.69) is 0 Å². The average Bonchev–Trinajstić information content (AvgIpc) is 3.07. The molecule has 0 amide bonds. The van der Waals surface area contributed by atoms with Gasteiger partial charge >= 0.3 is 0 Å². The lowest BCUT2D eigenvalue weighted by Crippen LogP contribution is -2.38. The van der Waals surface area contributed by atoms with Gasteiger partial charge in [0.15, 0.2) is 0 Å². The van der Waals surface area contributed by atoms with Gasteiger partial charge in [-0.15, -0.1) is 0 Å². The Labute approximate surface area is 121 Å². The smallest absolute Gasteiger partial charge is 0.244 e. The molecule has 5 nitrogen and oxygen atoms in total. The van der Waals surface area contributed by atoms with Crippen LogP contribution in [0.25, 0.3) is 0 Å². The first-order chi connectivity index (χ1) is 9.54. The maximum absolute atomic E-state index is 12.8. The molecule has 1 N–H and O–H groups in total. The summed E-state index contributed by atoms with van der Waals surface area (Å²) in [6.07, 6.45) is 5.75. The van der Waals surface area contributed by atoms with E-state index in [0.717, 1.165) is 25.7 Å². The van der Waals surface area contributed by atoms with E-state index in [4.69, 9.17) is 0 Å². The van der Waals surface area contributed by atoms with Crippen LogP contribution in [0.2, 0.25) is 0 Å². The van der Waals surface area contributed by atoms with E-state index >= 15 is 0 Å². The SMILES string of the molecule is CCN(C1CCCC1)S(=O)(=O)c1cc(CO)n(CC)c1. The summed E-state index contributed by atoms with van der Waals surface area (Å²) in [5.74, 6) is 0. The van der Waals surface area contributed by atoms with Crippen molar-refractivity contribution in [1.29, 1.82) is 0 Å². The van der Waals surface area contributed by atoms with E-state index in [1.165, 1.54) is 0 Å². The number of nitrogens with zero attached hydrogens (tertiary/aromatic N) is 2. The molecule has 0 radical (unpaired) electrons. The number of aromatic nitrogens is 1. The van der Waals surface area contributed by atoms with E-state index in [-0.39, 0.29) is 12.6 Å². The van der Waals surface area contributed by atoms with Crippen molar-refractivity contribution in [2.75, 3.05) is 6.54 Å². The van der Waals surface area contributed by atoms with Crippen molar-refractivity contribution in [3.05, 3.63) is 18.0 Å². The maximum atomic E-state index is 12.8.